The molecule has 1 aliphatic heterocycles. The second-order valence-corrected chi connectivity index (χ2v) is 7.63. The Morgan fingerprint density at radius 3 is 2.06 bits per heavy atom. The van der Waals surface area contributed by atoms with E-state index in [9.17, 15) is 24.3 Å². The number of Topliss-reactive ketones (excluding diaryl/α,β-unsaturated/α-hetero) is 1. The molecule has 1 aliphatic carbocycles. The Labute approximate surface area is 190 Å². The molecule has 2 aliphatic rings. The van der Waals surface area contributed by atoms with Gasteiger partial charge in [-0.15, -0.1) is 0 Å². The van der Waals surface area contributed by atoms with Gasteiger partial charge in [0.15, 0.2) is 5.78 Å². The summed E-state index contributed by atoms with van der Waals surface area (Å²) in [6.07, 6.45) is 4.41. The van der Waals surface area contributed by atoms with Crippen LogP contribution in [0.25, 0.3) is 0 Å². The number of carboxylic acids is 2. The van der Waals surface area contributed by atoms with Gasteiger partial charge in [-0.3, -0.25) is 14.4 Å². The van der Waals surface area contributed by atoms with Gasteiger partial charge in [-0.05, 0) is 25.5 Å². The Hall–Kier alpha value is -4.33. The summed E-state index contributed by atoms with van der Waals surface area (Å²) in [6.45, 7) is 1.37. The van der Waals surface area contributed by atoms with E-state index in [4.69, 9.17) is 5.11 Å². The molecule has 168 valence electrons. The second-order valence-electron chi connectivity index (χ2n) is 7.63. The summed E-state index contributed by atoms with van der Waals surface area (Å²) in [5.41, 5.74) is -0.273. The number of carbonyl (C=O) groups excluding carboxylic acids is 2. The first-order valence-corrected chi connectivity index (χ1v) is 10.1. The van der Waals surface area contributed by atoms with Crippen LogP contribution in [-0.4, -0.2) is 40.1 Å². The molecule has 1 atom stereocenters. The van der Waals surface area contributed by atoms with Gasteiger partial charge in [0.1, 0.15) is 0 Å². The van der Waals surface area contributed by atoms with Crippen molar-refractivity contribution in [2.75, 3.05) is 5.01 Å². The number of carbonyl (C=O) groups is 4. The van der Waals surface area contributed by atoms with E-state index < -0.39 is 23.1 Å². The highest BCUT2D eigenvalue weighted by Crippen LogP contribution is 2.39. The molecule has 1 unspecified atom stereocenters. The number of benzene rings is 2. The highest BCUT2D eigenvalue weighted by molar-refractivity contribution is 6.13. The third kappa shape index (κ3) is 5.12. The average Bonchev–Trinajstić information content (AvgIpc) is 3.26. The van der Waals surface area contributed by atoms with E-state index in [1.165, 1.54) is 24.1 Å². The van der Waals surface area contributed by atoms with Crippen molar-refractivity contribution < 1.29 is 29.4 Å². The number of hydrogen-bond donors (Lipinski definition) is 2. The van der Waals surface area contributed by atoms with Gasteiger partial charge in [0, 0.05) is 22.9 Å². The first kappa shape index (κ1) is 23.3. The topological polar surface area (TPSA) is 124 Å². The molecule has 0 bridgehead atoms. The van der Waals surface area contributed by atoms with Gasteiger partial charge >= 0.3 is 11.9 Å². The number of hydrogen-bond acceptors (Lipinski definition) is 5. The van der Waals surface area contributed by atoms with Gasteiger partial charge in [-0.1, -0.05) is 60.7 Å². The monoisotopic (exact) mass is 446 g/mol. The number of aliphatic carboxylic acids is 2. The molecule has 8 nitrogen and oxygen atoms in total. The maximum Gasteiger partial charge on any atom is 0.331 e. The second kappa shape index (κ2) is 9.86. The van der Waals surface area contributed by atoms with Crippen LogP contribution in [0.3, 0.4) is 0 Å². The summed E-state index contributed by atoms with van der Waals surface area (Å²) in [5, 5.41) is 23.8. The number of amides is 1. The Balaban J connectivity index is 0.000000215. The van der Waals surface area contributed by atoms with E-state index in [-0.39, 0.29) is 23.5 Å². The van der Waals surface area contributed by atoms with Crippen molar-refractivity contribution in [1.82, 2.24) is 0 Å². The fourth-order valence-electron chi connectivity index (χ4n) is 3.44. The predicted octanol–water partition coefficient (Wildman–Crippen LogP) is 3.71. The van der Waals surface area contributed by atoms with Gasteiger partial charge in [-0.25, -0.2) is 9.80 Å². The predicted molar refractivity (Wildman–Crippen MR) is 122 cm³/mol. The Bertz CT molecular complexity index is 1170. The summed E-state index contributed by atoms with van der Waals surface area (Å²) in [4.78, 5) is 46.3. The lowest BCUT2D eigenvalue weighted by atomic mass is 9.71. The van der Waals surface area contributed by atoms with E-state index in [1.54, 1.807) is 36.5 Å². The van der Waals surface area contributed by atoms with Crippen molar-refractivity contribution in [2.24, 2.45) is 10.5 Å². The van der Waals surface area contributed by atoms with Crippen LogP contribution >= 0.6 is 0 Å². The van der Waals surface area contributed by atoms with Crippen molar-refractivity contribution in [3.63, 3.8) is 0 Å². The molecule has 1 heterocycles. The molecule has 0 fully saturated rings. The highest BCUT2D eigenvalue weighted by Gasteiger charge is 2.43. The molecule has 1 amide bonds. The first-order chi connectivity index (χ1) is 15.7. The van der Waals surface area contributed by atoms with Gasteiger partial charge < -0.3 is 10.2 Å². The third-order valence-corrected chi connectivity index (χ3v) is 5.32. The molecular weight excluding hydrogens is 424 g/mol. The SMILES string of the molecule is CC1(C(=O)O)CC(C(=O)O)=CC=C1C(=O)c1ccccc1.O=C1CC=NN1c1ccccc1. The van der Waals surface area contributed by atoms with Crippen LogP contribution in [0.15, 0.2) is 89.1 Å². The zero-order valence-electron chi connectivity index (χ0n) is 17.8. The standard InChI is InChI=1S/C16H14O5.C9H8N2O/c1-16(15(20)21)9-11(14(18)19)7-8-12(16)13(17)10-5-3-2-4-6-10;12-9-6-7-10-11(9)8-4-2-1-3-5-8/h2-8H,9H2,1H3,(H,18,19)(H,20,21);1-5,7H,6H2. The lowest BCUT2D eigenvalue weighted by Gasteiger charge is -2.29. The molecule has 2 aromatic carbocycles. The largest absolute Gasteiger partial charge is 0.481 e. The van der Waals surface area contributed by atoms with Crippen molar-refractivity contribution in [2.45, 2.75) is 19.8 Å². The minimum Gasteiger partial charge on any atom is -0.481 e. The molecule has 2 aromatic rings. The van der Waals surface area contributed by atoms with Crippen molar-refractivity contribution in [1.29, 1.82) is 0 Å². The number of nitrogens with zero attached hydrogens (tertiary/aromatic N) is 2. The minimum absolute atomic E-state index is 0.0236. The molecule has 0 saturated carbocycles. The lowest BCUT2D eigenvalue weighted by Crippen LogP contribution is -2.36. The van der Waals surface area contributed by atoms with Crippen molar-refractivity contribution in [3.05, 3.63) is 89.5 Å². The molecular formula is C25H22N2O6. The van der Waals surface area contributed by atoms with Gasteiger partial charge in [0.05, 0.1) is 17.5 Å². The maximum absolute atomic E-state index is 12.5. The molecule has 4 rings (SSSR count). The Morgan fingerprint density at radius 1 is 0.939 bits per heavy atom. The zero-order chi connectivity index (χ0) is 24.0. The summed E-state index contributed by atoms with van der Waals surface area (Å²) in [7, 11) is 0. The molecule has 2 N–H and O–H groups in total. The normalized spacial score (nSPS) is 19.2. The molecule has 0 radical (unpaired) electrons. The Kier molecular flexibility index (Phi) is 6.97. The number of rotatable bonds is 5. The number of hydrazone groups is 1. The van der Waals surface area contributed by atoms with Crippen LogP contribution < -0.4 is 5.01 Å². The quantitative estimate of drug-likeness (QED) is 0.675. The minimum atomic E-state index is -1.55. The number of para-hydroxylation sites is 1. The van der Waals surface area contributed by atoms with E-state index in [0.717, 1.165) is 5.69 Å². The van der Waals surface area contributed by atoms with Crippen LogP contribution in [0.5, 0.6) is 0 Å². The van der Waals surface area contributed by atoms with Gasteiger partial charge in [0.2, 0.25) is 0 Å². The third-order valence-electron chi connectivity index (χ3n) is 5.32. The maximum atomic E-state index is 12.5. The first-order valence-electron chi connectivity index (χ1n) is 10.1. The molecule has 0 saturated heterocycles. The smallest absolute Gasteiger partial charge is 0.331 e. The fraction of sp³-hybridized carbons (Fsp3) is 0.160. The fourth-order valence-corrected chi connectivity index (χ4v) is 3.44. The summed E-state index contributed by atoms with van der Waals surface area (Å²) in [6, 6.07) is 17.7. The lowest BCUT2D eigenvalue weighted by molar-refractivity contribution is -0.145. The summed E-state index contributed by atoms with van der Waals surface area (Å²) in [5.74, 6) is -2.77. The van der Waals surface area contributed by atoms with E-state index in [2.05, 4.69) is 5.10 Å². The van der Waals surface area contributed by atoms with Gasteiger partial charge in [-0.2, -0.15) is 5.10 Å². The van der Waals surface area contributed by atoms with Crippen molar-refractivity contribution >= 4 is 35.5 Å². The van der Waals surface area contributed by atoms with Crippen LogP contribution in [0.2, 0.25) is 0 Å². The Morgan fingerprint density at radius 2 is 1.55 bits per heavy atom. The molecule has 33 heavy (non-hydrogen) atoms. The van der Waals surface area contributed by atoms with Crippen molar-refractivity contribution in [3.8, 4) is 0 Å². The summed E-state index contributed by atoms with van der Waals surface area (Å²) < 4.78 is 0. The summed E-state index contributed by atoms with van der Waals surface area (Å²) >= 11 is 0. The van der Waals surface area contributed by atoms with Crippen LogP contribution in [0.1, 0.15) is 30.1 Å². The number of carboxylic acid groups (broad SMARTS) is 2. The molecule has 8 heteroatoms. The van der Waals surface area contributed by atoms with Crippen LogP contribution in [0.4, 0.5) is 5.69 Å². The zero-order valence-corrected chi connectivity index (χ0v) is 17.8. The van der Waals surface area contributed by atoms with E-state index in [0.29, 0.717) is 12.0 Å². The number of anilines is 1. The van der Waals surface area contributed by atoms with Crippen LogP contribution in [-0.2, 0) is 14.4 Å². The van der Waals surface area contributed by atoms with Gasteiger partial charge in [0.25, 0.3) is 5.91 Å². The van der Waals surface area contributed by atoms with E-state index >= 15 is 0 Å². The van der Waals surface area contributed by atoms with Crippen LogP contribution in [0, 0.1) is 5.41 Å². The highest BCUT2D eigenvalue weighted by atomic mass is 16.4. The number of ketones is 1. The molecule has 0 aromatic heterocycles. The number of allylic oxidation sites excluding steroid dienone is 2. The average molecular weight is 446 g/mol. The van der Waals surface area contributed by atoms with E-state index in [1.807, 2.05) is 30.3 Å². The molecule has 0 spiro atoms.